The number of methoxy groups -OCH3 is 1. The first-order valence-electron chi connectivity index (χ1n) is 6.73. The van der Waals surface area contributed by atoms with Gasteiger partial charge in [0.05, 0.1) is 13.7 Å². The Bertz CT molecular complexity index is 449. The SMILES string of the molecule is CCOC(=O)C(NCC(C)C)c1c(Cl)cccc1OC. The van der Waals surface area contributed by atoms with Gasteiger partial charge in [-0.3, -0.25) is 0 Å². The van der Waals surface area contributed by atoms with Crippen LogP contribution in [0, 0.1) is 5.92 Å². The normalized spacial score (nSPS) is 12.3. The minimum atomic E-state index is -0.624. The van der Waals surface area contributed by atoms with Crippen molar-refractivity contribution in [2.24, 2.45) is 5.92 Å². The van der Waals surface area contributed by atoms with Gasteiger partial charge in [-0.25, -0.2) is 4.79 Å². The lowest BCUT2D eigenvalue weighted by Gasteiger charge is -2.21. The van der Waals surface area contributed by atoms with Crippen molar-refractivity contribution in [3.05, 3.63) is 28.8 Å². The van der Waals surface area contributed by atoms with Gasteiger partial charge in [-0.15, -0.1) is 0 Å². The molecule has 0 aromatic heterocycles. The third kappa shape index (κ3) is 4.39. The van der Waals surface area contributed by atoms with E-state index >= 15 is 0 Å². The Labute approximate surface area is 125 Å². The van der Waals surface area contributed by atoms with Gasteiger partial charge < -0.3 is 14.8 Å². The highest BCUT2D eigenvalue weighted by Crippen LogP contribution is 2.32. The molecule has 0 amide bonds. The Morgan fingerprint density at radius 2 is 2.10 bits per heavy atom. The summed E-state index contributed by atoms with van der Waals surface area (Å²) in [5.41, 5.74) is 0.621. The molecule has 5 heteroatoms. The minimum absolute atomic E-state index is 0.325. The first-order chi connectivity index (χ1) is 9.51. The summed E-state index contributed by atoms with van der Waals surface area (Å²) in [6.07, 6.45) is 0. The summed E-state index contributed by atoms with van der Waals surface area (Å²) in [5, 5.41) is 3.68. The van der Waals surface area contributed by atoms with Gasteiger partial charge >= 0.3 is 5.97 Å². The van der Waals surface area contributed by atoms with Crippen molar-refractivity contribution in [1.82, 2.24) is 5.32 Å². The first-order valence-corrected chi connectivity index (χ1v) is 7.11. The zero-order chi connectivity index (χ0) is 15.1. The van der Waals surface area contributed by atoms with Crippen molar-refractivity contribution >= 4 is 17.6 Å². The van der Waals surface area contributed by atoms with Gasteiger partial charge in [0.15, 0.2) is 0 Å². The first kappa shape index (κ1) is 16.8. The van der Waals surface area contributed by atoms with Crippen LogP contribution in [-0.4, -0.2) is 26.2 Å². The van der Waals surface area contributed by atoms with Crippen molar-refractivity contribution in [1.29, 1.82) is 0 Å². The van der Waals surface area contributed by atoms with E-state index in [1.807, 2.05) is 0 Å². The van der Waals surface area contributed by atoms with E-state index in [0.717, 1.165) is 0 Å². The smallest absolute Gasteiger partial charge is 0.327 e. The van der Waals surface area contributed by atoms with E-state index in [-0.39, 0.29) is 5.97 Å². The highest BCUT2D eigenvalue weighted by atomic mass is 35.5. The minimum Gasteiger partial charge on any atom is -0.496 e. The summed E-state index contributed by atoms with van der Waals surface area (Å²) < 4.78 is 10.4. The molecule has 20 heavy (non-hydrogen) atoms. The van der Waals surface area contributed by atoms with Crippen molar-refractivity contribution in [2.45, 2.75) is 26.8 Å². The van der Waals surface area contributed by atoms with Gasteiger partial charge in [0.25, 0.3) is 0 Å². The molecule has 112 valence electrons. The molecule has 1 unspecified atom stereocenters. The summed E-state index contributed by atoms with van der Waals surface area (Å²) in [6, 6.07) is 4.68. The fourth-order valence-electron chi connectivity index (χ4n) is 1.86. The molecule has 0 radical (unpaired) electrons. The number of halogens is 1. The predicted molar refractivity (Wildman–Crippen MR) is 80.2 cm³/mol. The van der Waals surface area contributed by atoms with E-state index < -0.39 is 6.04 Å². The summed E-state index contributed by atoms with van der Waals surface area (Å²) in [4.78, 5) is 12.2. The fraction of sp³-hybridized carbons (Fsp3) is 0.533. The maximum Gasteiger partial charge on any atom is 0.327 e. The van der Waals surface area contributed by atoms with Crippen LogP contribution >= 0.6 is 11.6 Å². The number of nitrogens with one attached hydrogen (secondary N) is 1. The molecule has 1 aromatic rings. The Balaban J connectivity index is 3.12. The van der Waals surface area contributed by atoms with E-state index in [0.29, 0.717) is 35.4 Å². The van der Waals surface area contributed by atoms with Crippen molar-refractivity contribution in [3.63, 3.8) is 0 Å². The van der Waals surface area contributed by atoms with Gasteiger partial charge in [-0.1, -0.05) is 31.5 Å². The molecule has 4 nitrogen and oxygen atoms in total. The average molecular weight is 300 g/mol. The number of benzene rings is 1. The highest BCUT2D eigenvalue weighted by Gasteiger charge is 2.27. The Hall–Kier alpha value is -1.26. The van der Waals surface area contributed by atoms with Crippen LogP contribution in [0.4, 0.5) is 0 Å². The topological polar surface area (TPSA) is 47.6 Å². The lowest BCUT2D eigenvalue weighted by atomic mass is 10.0. The standard InChI is InChI=1S/C15H22ClNO3/c1-5-20-15(18)14(17-9-10(2)3)13-11(16)7-6-8-12(13)19-4/h6-8,10,14,17H,5,9H2,1-4H3. The van der Waals surface area contributed by atoms with Crippen LogP contribution in [-0.2, 0) is 9.53 Å². The number of esters is 1. The van der Waals surface area contributed by atoms with Crippen LogP contribution in [0.15, 0.2) is 18.2 Å². The number of hydrogen-bond donors (Lipinski definition) is 1. The van der Waals surface area contributed by atoms with Crippen LogP contribution in [0.3, 0.4) is 0 Å². The van der Waals surface area contributed by atoms with Gasteiger partial charge in [0.2, 0.25) is 0 Å². The second-order valence-electron chi connectivity index (χ2n) is 4.84. The fourth-order valence-corrected chi connectivity index (χ4v) is 2.13. The van der Waals surface area contributed by atoms with Crippen LogP contribution < -0.4 is 10.1 Å². The zero-order valence-corrected chi connectivity index (χ0v) is 13.2. The molecule has 1 N–H and O–H groups in total. The predicted octanol–water partition coefficient (Wildman–Crippen LogP) is 3.20. The third-order valence-electron chi connectivity index (χ3n) is 2.77. The molecular formula is C15H22ClNO3. The lowest BCUT2D eigenvalue weighted by Crippen LogP contribution is -2.33. The number of rotatable bonds is 7. The molecule has 0 saturated heterocycles. The average Bonchev–Trinajstić information content (AvgIpc) is 2.40. The van der Waals surface area contributed by atoms with E-state index in [4.69, 9.17) is 21.1 Å². The van der Waals surface area contributed by atoms with Crippen LogP contribution in [0.2, 0.25) is 5.02 Å². The van der Waals surface area contributed by atoms with Gasteiger partial charge in [0, 0.05) is 10.6 Å². The number of hydrogen-bond acceptors (Lipinski definition) is 4. The van der Waals surface area contributed by atoms with E-state index in [9.17, 15) is 4.79 Å². The van der Waals surface area contributed by atoms with Crippen molar-refractivity contribution in [2.75, 3.05) is 20.3 Å². The molecule has 0 saturated carbocycles. The molecular weight excluding hydrogens is 278 g/mol. The van der Waals surface area contributed by atoms with Crippen LogP contribution in [0.5, 0.6) is 5.75 Å². The van der Waals surface area contributed by atoms with Crippen LogP contribution in [0.25, 0.3) is 0 Å². The summed E-state index contributed by atoms with van der Waals surface area (Å²) >= 11 is 6.23. The van der Waals surface area contributed by atoms with Crippen molar-refractivity contribution < 1.29 is 14.3 Å². The monoisotopic (exact) mass is 299 g/mol. The molecule has 0 aliphatic rings. The summed E-state index contributed by atoms with van der Waals surface area (Å²) in [6.45, 7) is 6.92. The van der Waals surface area contributed by atoms with Gasteiger partial charge in [-0.05, 0) is 31.5 Å². The van der Waals surface area contributed by atoms with Gasteiger partial charge in [-0.2, -0.15) is 0 Å². The van der Waals surface area contributed by atoms with E-state index in [2.05, 4.69) is 19.2 Å². The molecule has 1 aromatic carbocycles. The molecule has 0 aliphatic heterocycles. The largest absolute Gasteiger partial charge is 0.496 e. The molecule has 1 atom stereocenters. The molecule has 0 bridgehead atoms. The number of ether oxygens (including phenoxy) is 2. The van der Waals surface area contributed by atoms with Crippen LogP contribution in [0.1, 0.15) is 32.4 Å². The molecule has 0 spiro atoms. The number of carbonyl (C=O) groups is 1. The molecule has 1 rings (SSSR count). The van der Waals surface area contributed by atoms with Crippen molar-refractivity contribution in [3.8, 4) is 5.75 Å². The quantitative estimate of drug-likeness (QED) is 0.786. The second kappa shape index (κ2) is 8.12. The van der Waals surface area contributed by atoms with Gasteiger partial charge in [0.1, 0.15) is 11.8 Å². The Morgan fingerprint density at radius 3 is 2.65 bits per heavy atom. The maximum atomic E-state index is 12.2. The van der Waals surface area contributed by atoms with E-state index in [1.54, 1.807) is 32.2 Å². The third-order valence-corrected chi connectivity index (χ3v) is 3.10. The summed E-state index contributed by atoms with van der Waals surface area (Å²) in [7, 11) is 1.56. The maximum absolute atomic E-state index is 12.2. The Morgan fingerprint density at radius 1 is 1.40 bits per heavy atom. The molecule has 0 fully saturated rings. The molecule has 0 heterocycles. The summed E-state index contributed by atoms with van der Waals surface area (Å²) in [5.74, 6) is 0.631. The molecule has 0 aliphatic carbocycles. The highest BCUT2D eigenvalue weighted by molar-refractivity contribution is 6.31. The lowest BCUT2D eigenvalue weighted by molar-refractivity contribution is -0.145. The Kier molecular flexibility index (Phi) is 6.82. The number of carbonyl (C=O) groups excluding carboxylic acids is 1. The van der Waals surface area contributed by atoms with E-state index in [1.165, 1.54) is 0 Å². The second-order valence-corrected chi connectivity index (χ2v) is 5.25. The zero-order valence-electron chi connectivity index (χ0n) is 12.4.